The number of carbonyl (C=O) groups is 1. The fourth-order valence-corrected chi connectivity index (χ4v) is 2.07. The van der Waals surface area contributed by atoms with Crippen LogP contribution in [0.3, 0.4) is 0 Å². The van der Waals surface area contributed by atoms with Gasteiger partial charge in [-0.1, -0.05) is 6.07 Å². The van der Waals surface area contributed by atoms with Gasteiger partial charge in [0.05, 0.1) is 0 Å². The lowest BCUT2D eigenvalue weighted by molar-refractivity contribution is 0.0781. The van der Waals surface area contributed by atoms with Crippen molar-refractivity contribution in [1.82, 2.24) is 9.88 Å². The van der Waals surface area contributed by atoms with E-state index in [4.69, 9.17) is 5.73 Å². The number of aromatic nitrogens is 1. The molecule has 4 nitrogen and oxygen atoms in total. The van der Waals surface area contributed by atoms with Crippen LogP contribution in [0.4, 0.5) is 0 Å². The van der Waals surface area contributed by atoms with Crippen molar-refractivity contribution in [2.45, 2.75) is 13.3 Å². The highest BCUT2D eigenvalue weighted by Gasteiger charge is 2.27. The van der Waals surface area contributed by atoms with Gasteiger partial charge in [-0.3, -0.25) is 9.78 Å². The first-order chi connectivity index (χ1) is 7.72. The van der Waals surface area contributed by atoms with Gasteiger partial charge in [0.2, 0.25) is 0 Å². The van der Waals surface area contributed by atoms with Gasteiger partial charge in [-0.25, -0.2) is 0 Å². The Kier molecular flexibility index (Phi) is 7.21. The fraction of sp³-hybridized carbons (Fsp3) is 0.500. The maximum absolute atomic E-state index is 12.2. The normalized spacial score (nSPS) is 17.9. The summed E-state index contributed by atoms with van der Waals surface area (Å²) in [5.74, 6) is 0.488. The molecule has 0 bridgehead atoms. The monoisotopic (exact) mass is 291 g/mol. The van der Waals surface area contributed by atoms with Crippen molar-refractivity contribution >= 4 is 30.7 Å². The van der Waals surface area contributed by atoms with E-state index in [0.717, 1.165) is 25.1 Å². The lowest BCUT2D eigenvalue weighted by Gasteiger charge is -2.16. The Morgan fingerprint density at radius 3 is 2.83 bits per heavy atom. The zero-order valence-corrected chi connectivity index (χ0v) is 12.0. The van der Waals surface area contributed by atoms with Crippen molar-refractivity contribution in [3.8, 4) is 0 Å². The number of likely N-dealkylation sites (tertiary alicyclic amines) is 1. The molecule has 0 aliphatic carbocycles. The van der Waals surface area contributed by atoms with Crippen LogP contribution in [0.1, 0.15) is 22.5 Å². The van der Waals surface area contributed by atoms with Gasteiger partial charge in [-0.2, -0.15) is 0 Å². The van der Waals surface area contributed by atoms with Crippen LogP contribution in [0, 0.1) is 12.8 Å². The van der Waals surface area contributed by atoms with Gasteiger partial charge in [0.15, 0.2) is 0 Å². The summed E-state index contributed by atoms with van der Waals surface area (Å²) < 4.78 is 0. The quantitative estimate of drug-likeness (QED) is 0.901. The van der Waals surface area contributed by atoms with Gasteiger partial charge in [0.25, 0.3) is 5.91 Å². The summed E-state index contributed by atoms with van der Waals surface area (Å²) in [5, 5.41) is 0. The van der Waals surface area contributed by atoms with Crippen LogP contribution in [-0.4, -0.2) is 35.4 Å². The number of halogens is 2. The number of nitrogens with two attached hydrogens (primary N) is 1. The Bertz CT molecular complexity index is 401. The van der Waals surface area contributed by atoms with Gasteiger partial charge in [0, 0.05) is 19.3 Å². The summed E-state index contributed by atoms with van der Waals surface area (Å²) in [6.07, 6.45) is 2.67. The molecule has 1 unspecified atom stereocenters. The number of hydrogen-bond donors (Lipinski definition) is 1. The molecule has 1 aliphatic rings. The molecule has 102 valence electrons. The zero-order valence-electron chi connectivity index (χ0n) is 10.3. The molecule has 18 heavy (non-hydrogen) atoms. The molecule has 1 aromatic heterocycles. The predicted octanol–water partition coefficient (Wildman–Crippen LogP) is 1.65. The first-order valence-corrected chi connectivity index (χ1v) is 5.63. The van der Waals surface area contributed by atoms with Crippen LogP contribution >= 0.6 is 24.8 Å². The van der Waals surface area contributed by atoms with E-state index in [1.54, 1.807) is 6.20 Å². The molecular formula is C12H19Cl2N3O. The third kappa shape index (κ3) is 3.57. The third-order valence-electron chi connectivity index (χ3n) is 3.12. The first kappa shape index (κ1) is 17.2. The summed E-state index contributed by atoms with van der Waals surface area (Å²) in [4.78, 5) is 18.2. The minimum atomic E-state index is 0. The molecule has 0 radical (unpaired) electrons. The topological polar surface area (TPSA) is 59.2 Å². The second-order valence-electron chi connectivity index (χ2n) is 4.31. The molecule has 2 rings (SSSR count). The minimum Gasteiger partial charge on any atom is -0.337 e. The van der Waals surface area contributed by atoms with Crippen molar-refractivity contribution in [3.05, 3.63) is 29.6 Å². The molecule has 6 heteroatoms. The van der Waals surface area contributed by atoms with Crippen molar-refractivity contribution < 1.29 is 4.79 Å². The Morgan fingerprint density at radius 1 is 1.56 bits per heavy atom. The second-order valence-corrected chi connectivity index (χ2v) is 4.31. The molecule has 1 fully saturated rings. The van der Waals surface area contributed by atoms with Gasteiger partial charge < -0.3 is 10.6 Å². The number of amides is 1. The van der Waals surface area contributed by atoms with Crippen LogP contribution in [0.5, 0.6) is 0 Å². The molecule has 2 N–H and O–H groups in total. The summed E-state index contributed by atoms with van der Waals surface area (Å²) in [6.45, 7) is 4.14. The summed E-state index contributed by atoms with van der Waals surface area (Å²) >= 11 is 0. The maximum Gasteiger partial charge on any atom is 0.272 e. The SMILES string of the molecule is Cc1cccnc1C(=O)N1CCC(CN)C1.Cl.Cl. The zero-order chi connectivity index (χ0) is 11.5. The van der Waals surface area contributed by atoms with Crippen LogP contribution in [0.25, 0.3) is 0 Å². The van der Waals surface area contributed by atoms with E-state index in [2.05, 4.69) is 4.98 Å². The lowest BCUT2D eigenvalue weighted by atomic mass is 10.1. The second kappa shape index (κ2) is 7.56. The fourth-order valence-electron chi connectivity index (χ4n) is 2.07. The molecular weight excluding hydrogens is 273 g/mol. The molecule has 2 heterocycles. The van der Waals surface area contributed by atoms with Crippen molar-refractivity contribution in [2.24, 2.45) is 11.7 Å². The van der Waals surface area contributed by atoms with Crippen molar-refractivity contribution in [1.29, 1.82) is 0 Å². The Balaban J connectivity index is 0.00000144. The molecule has 1 amide bonds. The maximum atomic E-state index is 12.2. The van der Waals surface area contributed by atoms with Gasteiger partial charge in [-0.15, -0.1) is 24.8 Å². The smallest absolute Gasteiger partial charge is 0.272 e. The highest BCUT2D eigenvalue weighted by molar-refractivity contribution is 5.93. The van der Waals surface area contributed by atoms with E-state index < -0.39 is 0 Å². The van der Waals surface area contributed by atoms with Crippen molar-refractivity contribution in [3.63, 3.8) is 0 Å². The largest absolute Gasteiger partial charge is 0.337 e. The van der Waals surface area contributed by atoms with Crippen LogP contribution < -0.4 is 5.73 Å². The summed E-state index contributed by atoms with van der Waals surface area (Å²) in [6, 6.07) is 3.76. The molecule has 0 spiro atoms. The lowest BCUT2D eigenvalue weighted by Crippen LogP contribution is -2.31. The number of carbonyl (C=O) groups excluding carboxylic acids is 1. The average molecular weight is 292 g/mol. The van der Waals surface area contributed by atoms with E-state index in [1.807, 2.05) is 24.0 Å². The van der Waals surface area contributed by atoms with Gasteiger partial charge in [0.1, 0.15) is 5.69 Å². The molecule has 1 aliphatic heterocycles. The number of hydrogen-bond acceptors (Lipinski definition) is 3. The summed E-state index contributed by atoms with van der Waals surface area (Å²) in [7, 11) is 0. The highest BCUT2D eigenvalue weighted by atomic mass is 35.5. The number of rotatable bonds is 2. The third-order valence-corrected chi connectivity index (χ3v) is 3.12. The van der Waals surface area contributed by atoms with E-state index in [-0.39, 0.29) is 30.7 Å². The van der Waals surface area contributed by atoms with Crippen molar-refractivity contribution in [2.75, 3.05) is 19.6 Å². The number of pyridine rings is 1. The summed E-state index contributed by atoms with van der Waals surface area (Å²) in [5.41, 5.74) is 7.11. The number of nitrogens with zero attached hydrogens (tertiary/aromatic N) is 2. The van der Waals surface area contributed by atoms with Crippen LogP contribution in [0.15, 0.2) is 18.3 Å². The van der Waals surface area contributed by atoms with Gasteiger partial charge in [-0.05, 0) is 37.4 Å². The van der Waals surface area contributed by atoms with Gasteiger partial charge >= 0.3 is 0 Å². The Labute approximate surface area is 120 Å². The average Bonchev–Trinajstić information content (AvgIpc) is 2.77. The standard InChI is InChI=1S/C12H17N3O.2ClH/c1-9-3-2-5-14-11(9)12(16)15-6-4-10(7-13)8-15;;/h2-3,5,10H,4,6-8,13H2,1H3;2*1H. The van der Waals surface area contributed by atoms with E-state index in [1.165, 1.54) is 0 Å². The van der Waals surface area contributed by atoms with E-state index in [0.29, 0.717) is 18.2 Å². The Morgan fingerprint density at radius 2 is 2.28 bits per heavy atom. The van der Waals surface area contributed by atoms with Crippen LogP contribution in [0.2, 0.25) is 0 Å². The first-order valence-electron chi connectivity index (χ1n) is 5.63. The van der Waals surface area contributed by atoms with E-state index >= 15 is 0 Å². The van der Waals surface area contributed by atoms with Crippen LogP contribution in [-0.2, 0) is 0 Å². The number of aryl methyl sites for hydroxylation is 1. The molecule has 1 saturated heterocycles. The highest BCUT2D eigenvalue weighted by Crippen LogP contribution is 2.18. The molecule has 1 aromatic rings. The Hall–Kier alpha value is -0.840. The molecule has 0 aromatic carbocycles. The minimum absolute atomic E-state index is 0. The molecule has 0 saturated carbocycles. The predicted molar refractivity (Wildman–Crippen MR) is 76.5 cm³/mol. The molecule has 1 atom stereocenters. The van der Waals surface area contributed by atoms with E-state index in [9.17, 15) is 4.79 Å².